The molecule has 2 aliphatic rings. The molecule has 1 fully saturated rings. The van der Waals surface area contributed by atoms with Gasteiger partial charge < -0.3 is 15.0 Å². The number of aromatic nitrogens is 2. The predicted molar refractivity (Wildman–Crippen MR) is 133 cm³/mol. The number of ether oxygens (including phenoxy) is 1. The van der Waals surface area contributed by atoms with Crippen LogP contribution in [0.3, 0.4) is 0 Å². The zero-order valence-electron chi connectivity index (χ0n) is 19.8. The Morgan fingerprint density at radius 1 is 0.879 bits per heavy atom. The number of anilines is 2. The highest BCUT2D eigenvalue weighted by Gasteiger charge is 2.29. The van der Waals surface area contributed by atoms with E-state index in [9.17, 15) is 0 Å². The van der Waals surface area contributed by atoms with Crippen molar-refractivity contribution in [2.45, 2.75) is 45.9 Å². The van der Waals surface area contributed by atoms with E-state index in [-0.39, 0.29) is 6.04 Å². The summed E-state index contributed by atoms with van der Waals surface area (Å²) >= 11 is 0. The average molecular weight is 444 g/mol. The standard InChI is InChI=1S/C27H33N5O/c1-19(2)32-17-23-24(18-32)28-27(31-13-15-33-16-14-31)30-26(23)29-25(21-7-5-4-6-8-21)22-11-9-20(3)10-12-22/h4-12,19,25H,13-18H2,1-3H3,(H,28,29,30). The Balaban J connectivity index is 1.56. The molecule has 0 spiro atoms. The van der Waals surface area contributed by atoms with Gasteiger partial charge in [-0.15, -0.1) is 0 Å². The highest BCUT2D eigenvalue weighted by molar-refractivity contribution is 5.56. The number of benzene rings is 2. The lowest BCUT2D eigenvalue weighted by molar-refractivity contribution is 0.122. The molecule has 5 rings (SSSR count). The third kappa shape index (κ3) is 4.72. The monoisotopic (exact) mass is 443 g/mol. The van der Waals surface area contributed by atoms with Crippen molar-refractivity contribution >= 4 is 11.8 Å². The van der Waals surface area contributed by atoms with E-state index in [0.29, 0.717) is 6.04 Å². The molecule has 6 heteroatoms. The molecule has 0 saturated carbocycles. The highest BCUT2D eigenvalue weighted by atomic mass is 16.5. The van der Waals surface area contributed by atoms with Gasteiger partial charge in [-0.25, -0.2) is 4.98 Å². The summed E-state index contributed by atoms with van der Waals surface area (Å²) in [5.41, 5.74) is 6.06. The summed E-state index contributed by atoms with van der Waals surface area (Å²) in [6, 6.07) is 19.9. The van der Waals surface area contributed by atoms with E-state index in [2.05, 4.69) is 90.5 Å². The Morgan fingerprint density at radius 3 is 2.27 bits per heavy atom. The first-order chi connectivity index (χ1) is 16.1. The average Bonchev–Trinajstić information content (AvgIpc) is 3.29. The summed E-state index contributed by atoms with van der Waals surface area (Å²) < 4.78 is 5.56. The van der Waals surface area contributed by atoms with Gasteiger partial charge in [0.1, 0.15) is 5.82 Å². The smallest absolute Gasteiger partial charge is 0.227 e. The van der Waals surface area contributed by atoms with Crippen molar-refractivity contribution in [2.75, 3.05) is 36.5 Å². The second-order valence-electron chi connectivity index (χ2n) is 9.29. The van der Waals surface area contributed by atoms with Gasteiger partial charge in [-0.2, -0.15) is 4.98 Å². The number of aryl methyl sites for hydroxylation is 1. The van der Waals surface area contributed by atoms with E-state index < -0.39 is 0 Å². The molecule has 0 aliphatic carbocycles. The van der Waals surface area contributed by atoms with Crippen LogP contribution in [-0.2, 0) is 17.8 Å². The van der Waals surface area contributed by atoms with Gasteiger partial charge in [-0.1, -0.05) is 60.2 Å². The first-order valence-corrected chi connectivity index (χ1v) is 11.9. The Labute approximate surface area is 196 Å². The fourth-order valence-corrected chi connectivity index (χ4v) is 4.56. The van der Waals surface area contributed by atoms with Crippen LogP contribution in [0, 0.1) is 6.92 Å². The summed E-state index contributed by atoms with van der Waals surface area (Å²) in [6.45, 7) is 11.4. The van der Waals surface area contributed by atoms with E-state index >= 15 is 0 Å². The van der Waals surface area contributed by atoms with E-state index in [1.807, 2.05) is 0 Å². The summed E-state index contributed by atoms with van der Waals surface area (Å²) in [6.07, 6.45) is 0. The van der Waals surface area contributed by atoms with Gasteiger partial charge in [0.2, 0.25) is 5.95 Å². The van der Waals surface area contributed by atoms with E-state index in [4.69, 9.17) is 14.7 Å². The maximum absolute atomic E-state index is 5.56. The van der Waals surface area contributed by atoms with Crippen LogP contribution in [0.5, 0.6) is 0 Å². The first kappa shape index (κ1) is 21.9. The molecular formula is C27H33N5O. The molecule has 0 bridgehead atoms. The Hall–Kier alpha value is -2.96. The maximum atomic E-state index is 5.56. The molecule has 2 aromatic carbocycles. The Morgan fingerprint density at radius 2 is 1.58 bits per heavy atom. The summed E-state index contributed by atoms with van der Waals surface area (Å²) in [4.78, 5) is 14.8. The van der Waals surface area contributed by atoms with Crippen LogP contribution in [0.15, 0.2) is 54.6 Å². The van der Waals surface area contributed by atoms with E-state index in [1.54, 1.807) is 0 Å². The number of fused-ring (bicyclic) bond motifs is 1. The number of hydrogen-bond acceptors (Lipinski definition) is 6. The lowest BCUT2D eigenvalue weighted by atomic mass is 9.97. The van der Waals surface area contributed by atoms with Gasteiger partial charge in [-0.3, -0.25) is 4.90 Å². The minimum atomic E-state index is 0.0106. The lowest BCUT2D eigenvalue weighted by Crippen LogP contribution is -2.37. The topological polar surface area (TPSA) is 53.5 Å². The van der Waals surface area contributed by atoms with Gasteiger partial charge in [0, 0.05) is 37.8 Å². The van der Waals surface area contributed by atoms with Gasteiger partial charge in [-0.05, 0) is 31.9 Å². The minimum Gasteiger partial charge on any atom is -0.378 e. The second-order valence-corrected chi connectivity index (χ2v) is 9.29. The highest BCUT2D eigenvalue weighted by Crippen LogP contribution is 2.34. The van der Waals surface area contributed by atoms with Crippen LogP contribution in [0.4, 0.5) is 11.8 Å². The van der Waals surface area contributed by atoms with Crippen LogP contribution in [-0.4, -0.2) is 47.2 Å². The zero-order valence-corrected chi connectivity index (χ0v) is 19.8. The van der Waals surface area contributed by atoms with Crippen molar-refractivity contribution in [1.82, 2.24) is 14.9 Å². The lowest BCUT2D eigenvalue weighted by Gasteiger charge is -2.28. The summed E-state index contributed by atoms with van der Waals surface area (Å²) in [7, 11) is 0. The van der Waals surface area contributed by atoms with E-state index in [1.165, 1.54) is 22.3 Å². The zero-order chi connectivity index (χ0) is 22.8. The molecule has 1 aromatic heterocycles. The summed E-state index contributed by atoms with van der Waals surface area (Å²) in [5, 5.41) is 3.83. The molecule has 1 unspecified atom stereocenters. The molecule has 172 valence electrons. The number of morpholine rings is 1. The third-order valence-corrected chi connectivity index (χ3v) is 6.64. The largest absolute Gasteiger partial charge is 0.378 e. The normalized spacial score (nSPS) is 17.3. The van der Waals surface area contributed by atoms with Crippen LogP contribution >= 0.6 is 0 Å². The van der Waals surface area contributed by atoms with Gasteiger partial charge >= 0.3 is 0 Å². The minimum absolute atomic E-state index is 0.0106. The molecule has 0 radical (unpaired) electrons. The molecule has 2 aliphatic heterocycles. The van der Waals surface area contributed by atoms with Crippen molar-refractivity contribution in [3.8, 4) is 0 Å². The molecule has 0 amide bonds. The fourth-order valence-electron chi connectivity index (χ4n) is 4.56. The van der Waals surface area contributed by atoms with Crippen LogP contribution in [0.1, 0.15) is 47.8 Å². The second kappa shape index (κ2) is 9.49. The first-order valence-electron chi connectivity index (χ1n) is 11.9. The number of rotatable bonds is 6. The Kier molecular flexibility index (Phi) is 6.29. The number of hydrogen-bond donors (Lipinski definition) is 1. The van der Waals surface area contributed by atoms with Gasteiger partial charge in [0.05, 0.1) is 24.9 Å². The molecule has 1 saturated heterocycles. The number of nitrogens with one attached hydrogen (secondary N) is 1. The van der Waals surface area contributed by atoms with Crippen LogP contribution in [0.2, 0.25) is 0 Å². The van der Waals surface area contributed by atoms with E-state index in [0.717, 1.165) is 56.9 Å². The van der Waals surface area contributed by atoms with Crippen molar-refractivity contribution < 1.29 is 4.74 Å². The molecule has 33 heavy (non-hydrogen) atoms. The Bertz CT molecular complexity index is 1080. The molecule has 1 N–H and O–H groups in total. The van der Waals surface area contributed by atoms with Crippen molar-refractivity contribution in [2.24, 2.45) is 0 Å². The predicted octanol–water partition coefficient (Wildman–Crippen LogP) is 4.55. The third-order valence-electron chi connectivity index (χ3n) is 6.64. The number of nitrogens with zero attached hydrogens (tertiary/aromatic N) is 4. The quantitative estimate of drug-likeness (QED) is 0.603. The molecule has 1 atom stereocenters. The fraction of sp³-hybridized carbons (Fsp3) is 0.407. The van der Waals surface area contributed by atoms with Crippen molar-refractivity contribution in [3.05, 3.63) is 82.5 Å². The molecular weight excluding hydrogens is 410 g/mol. The maximum Gasteiger partial charge on any atom is 0.227 e. The molecule has 6 nitrogen and oxygen atoms in total. The van der Waals surface area contributed by atoms with Gasteiger partial charge in [0.15, 0.2) is 0 Å². The molecule has 3 aromatic rings. The van der Waals surface area contributed by atoms with Crippen LogP contribution < -0.4 is 10.2 Å². The van der Waals surface area contributed by atoms with Gasteiger partial charge in [0.25, 0.3) is 0 Å². The SMILES string of the molecule is Cc1ccc(C(Nc2nc(N3CCOCC3)nc3c2CN(C(C)C)C3)c2ccccc2)cc1. The van der Waals surface area contributed by atoms with Crippen LogP contribution in [0.25, 0.3) is 0 Å². The molecule has 3 heterocycles. The van der Waals surface area contributed by atoms with Crippen molar-refractivity contribution in [3.63, 3.8) is 0 Å². The van der Waals surface area contributed by atoms with Crippen molar-refractivity contribution in [1.29, 1.82) is 0 Å². The summed E-state index contributed by atoms with van der Waals surface area (Å²) in [5.74, 6) is 1.75.